The van der Waals surface area contributed by atoms with E-state index in [0.717, 1.165) is 47.0 Å². The van der Waals surface area contributed by atoms with Gasteiger partial charge in [-0.25, -0.2) is 9.97 Å². The zero-order chi connectivity index (χ0) is 35.1. The summed E-state index contributed by atoms with van der Waals surface area (Å²) < 4.78 is 29.0. The minimum Gasteiger partial charge on any atom is -0.386 e. The molecule has 2 heterocycles. The molecule has 3 rings (SSSR count). The standard InChI is InChI=1S/C21H25N5.C13H21N.C2H6.CHF3/c1-15-4-6-18(7-5-15)20(23-3)21(19-8-11-24-16(2)25-19)26-12-9-17(14-22)10-13-26;1-6-11(3)8-9-12(4)10-14-13(5)7-2;1-2;2-1(3)4/h4-12,23H,13-14,22H2,1-3H3;6,8-10H,7H2,1-5H3;1-2H3;1H/b21-20-;9-8-,11-6-,12-10+,14-13?;;. The first-order chi connectivity index (χ1) is 21.9. The van der Waals surface area contributed by atoms with Gasteiger partial charge in [-0.3, -0.25) is 4.99 Å². The minimum absolute atomic E-state index is 0.548. The van der Waals surface area contributed by atoms with Crippen LogP contribution in [0.3, 0.4) is 0 Å². The number of hydrogen-bond donors (Lipinski definition) is 2. The van der Waals surface area contributed by atoms with Gasteiger partial charge in [0, 0.05) is 44.4 Å². The average molecular weight is 639 g/mol. The summed E-state index contributed by atoms with van der Waals surface area (Å²) in [6.07, 6.45) is 17.3. The van der Waals surface area contributed by atoms with Crippen LogP contribution in [-0.4, -0.2) is 47.4 Å². The molecule has 0 bridgehead atoms. The first-order valence-corrected chi connectivity index (χ1v) is 15.5. The first kappa shape index (κ1) is 41.8. The molecule has 0 radical (unpaired) electrons. The molecule has 0 saturated carbocycles. The third-order valence-corrected chi connectivity index (χ3v) is 6.45. The summed E-state index contributed by atoms with van der Waals surface area (Å²) in [6.45, 7) is 16.0. The van der Waals surface area contributed by atoms with Gasteiger partial charge in [-0.05, 0) is 76.8 Å². The van der Waals surface area contributed by atoms with Gasteiger partial charge in [-0.15, -0.1) is 0 Å². The van der Waals surface area contributed by atoms with Crippen molar-refractivity contribution in [3.8, 4) is 0 Å². The van der Waals surface area contributed by atoms with E-state index in [4.69, 9.17) is 5.73 Å². The second kappa shape index (κ2) is 24.1. The van der Waals surface area contributed by atoms with Crippen LogP contribution in [-0.2, 0) is 0 Å². The van der Waals surface area contributed by atoms with E-state index in [2.05, 4.69) is 114 Å². The maximum atomic E-state index is 9.67. The van der Waals surface area contributed by atoms with E-state index in [-0.39, 0.29) is 0 Å². The predicted molar refractivity (Wildman–Crippen MR) is 191 cm³/mol. The van der Waals surface area contributed by atoms with Gasteiger partial charge < -0.3 is 16.0 Å². The van der Waals surface area contributed by atoms with Crippen molar-refractivity contribution in [2.75, 3.05) is 20.1 Å². The summed E-state index contributed by atoms with van der Waals surface area (Å²) in [5, 5.41) is 3.38. The van der Waals surface area contributed by atoms with Crippen LogP contribution in [0.5, 0.6) is 0 Å². The highest BCUT2D eigenvalue weighted by molar-refractivity contribution is 5.88. The largest absolute Gasteiger partial charge is 0.386 e. The number of allylic oxidation sites excluding steroid dienone is 5. The van der Waals surface area contributed by atoms with E-state index in [1.165, 1.54) is 22.4 Å². The topological polar surface area (TPSA) is 79.4 Å². The van der Waals surface area contributed by atoms with Crippen LogP contribution in [0.1, 0.15) is 77.5 Å². The Morgan fingerprint density at radius 2 is 1.65 bits per heavy atom. The Morgan fingerprint density at radius 3 is 2.13 bits per heavy atom. The van der Waals surface area contributed by atoms with Gasteiger partial charge in [-0.1, -0.05) is 80.5 Å². The van der Waals surface area contributed by atoms with E-state index in [9.17, 15) is 13.2 Å². The molecule has 0 amide bonds. The van der Waals surface area contributed by atoms with E-state index in [1.807, 2.05) is 53.9 Å². The Bertz CT molecular complexity index is 1380. The molecular weight excluding hydrogens is 585 g/mol. The molecule has 3 N–H and O–H groups in total. The molecular formula is C37H53F3N6. The number of aliphatic imine (C=N–C) groups is 1. The Labute approximate surface area is 275 Å². The molecule has 1 aromatic heterocycles. The quantitative estimate of drug-likeness (QED) is 0.211. The number of nitrogens with one attached hydrogen (secondary N) is 1. The van der Waals surface area contributed by atoms with E-state index in [0.29, 0.717) is 6.54 Å². The van der Waals surface area contributed by atoms with Crippen molar-refractivity contribution in [3.05, 3.63) is 119 Å². The molecule has 2 aromatic rings. The third kappa shape index (κ3) is 16.7. The normalized spacial score (nSPS) is 13.9. The van der Waals surface area contributed by atoms with E-state index in [1.54, 1.807) is 6.20 Å². The van der Waals surface area contributed by atoms with Gasteiger partial charge in [0.15, 0.2) is 0 Å². The fourth-order valence-corrected chi connectivity index (χ4v) is 3.68. The lowest BCUT2D eigenvalue weighted by atomic mass is 10.0. The monoisotopic (exact) mass is 638 g/mol. The second-order valence-electron chi connectivity index (χ2n) is 9.98. The van der Waals surface area contributed by atoms with Crippen molar-refractivity contribution >= 4 is 17.1 Å². The molecule has 0 aliphatic carbocycles. The minimum atomic E-state index is -3.67. The molecule has 0 fully saturated rings. The van der Waals surface area contributed by atoms with Gasteiger partial charge in [0.2, 0.25) is 0 Å². The molecule has 1 aromatic carbocycles. The van der Waals surface area contributed by atoms with Gasteiger partial charge in [-0.2, -0.15) is 13.2 Å². The number of alkyl halides is 3. The Balaban J connectivity index is 0.000000855. The van der Waals surface area contributed by atoms with Crippen LogP contribution in [0.2, 0.25) is 0 Å². The zero-order valence-corrected chi connectivity index (χ0v) is 29.2. The number of benzene rings is 1. The number of hydrogen-bond acceptors (Lipinski definition) is 6. The Kier molecular flexibility index (Phi) is 21.8. The second-order valence-corrected chi connectivity index (χ2v) is 9.98. The Hall–Kier alpha value is -4.24. The van der Waals surface area contributed by atoms with Crippen molar-refractivity contribution in [1.82, 2.24) is 20.2 Å². The lowest BCUT2D eigenvalue weighted by molar-refractivity contribution is 0.00819. The Morgan fingerprint density at radius 1 is 1.04 bits per heavy atom. The van der Waals surface area contributed by atoms with Crippen LogP contribution in [0, 0.1) is 13.8 Å². The number of aryl methyl sites for hydroxylation is 2. The highest BCUT2D eigenvalue weighted by atomic mass is 19.4. The molecule has 0 saturated heterocycles. The molecule has 6 nitrogen and oxygen atoms in total. The molecule has 46 heavy (non-hydrogen) atoms. The molecule has 0 spiro atoms. The van der Waals surface area contributed by atoms with E-state index >= 15 is 0 Å². The molecule has 9 heteroatoms. The first-order valence-electron chi connectivity index (χ1n) is 15.5. The van der Waals surface area contributed by atoms with Crippen molar-refractivity contribution in [3.63, 3.8) is 0 Å². The summed E-state index contributed by atoms with van der Waals surface area (Å²) in [4.78, 5) is 15.4. The molecule has 0 atom stereocenters. The van der Waals surface area contributed by atoms with Gasteiger partial charge >= 0.3 is 6.68 Å². The number of aromatic nitrogens is 2. The maximum absolute atomic E-state index is 9.67. The van der Waals surface area contributed by atoms with Gasteiger partial charge in [0.05, 0.1) is 17.1 Å². The number of rotatable bonds is 9. The number of halogens is 3. The highest BCUT2D eigenvalue weighted by Crippen LogP contribution is 2.28. The fourth-order valence-electron chi connectivity index (χ4n) is 3.68. The number of nitrogens with two attached hydrogens (primary N) is 1. The van der Waals surface area contributed by atoms with Crippen LogP contribution in [0.25, 0.3) is 11.4 Å². The molecule has 1 aliphatic rings. The van der Waals surface area contributed by atoms with Crippen molar-refractivity contribution in [1.29, 1.82) is 0 Å². The van der Waals surface area contributed by atoms with Gasteiger partial charge in [0.25, 0.3) is 0 Å². The van der Waals surface area contributed by atoms with Gasteiger partial charge in [0.1, 0.15) is 5.82 Å². The van der Waals surface area contributed by atoms with Crippen molar-refractivity contribution < 1.29 is 13.2 Å². The lowest BCUT2D eigenvalue weighted by Gasteiger charge is -2.28. The summed E-state index contributed by atoms with van der Waals surface area (Å²) in [6, 6.07) is 10.4. The molecule has 252 valence electrons. The third-order valence-electron chi connectivity index (χ3n) is 6.45. The predicted octanol–water partition coefficient (Wildman–Crippen LogP) is 9.34. The number of nitrogens with zero attached hydrogens (tertiary/aromatic N) is 4. The summed E-state index contributed by atoms with van der Waals surface area (Å²) in [5.41, 5.74) is 15.8. The van der Waals surface area contributed by atoms with Crippen LogP contribution in [0.4, 0.5) is 13.2 Å². The molecule has 1 aliphatic heterocycles. The zero-order valence-electron chi connectivity index (χ0n) is 29.2. The summed E-state index contributed by atoms with van der Waals surface area (Å²) >= 11 is 0. The van der Waals surface area contributed by atoms with Crippen molar-refractivity contribution in [2.24, 2.45) is 10.7 Å². The van der Waals surface area contributed by atoms with Crippen LogP contribution >= 0.6 is 0 Å². The molecule has 0 unspecified atom stereocenters. The van der Waals surface area contributed by atoms with Crippen molar-refractivity contribution in [2.45, 2.75) is 75.4 Å². The lowest BCUT2D eigenvalue weighted by Crippen LogP contribution is -2.24. The van der Waals surface area contributed by atoms with Crippen LogP contribution in [0.15, 0.2) is 101 Å². The maximum Gasteiger partial charge on any atom is 0.379 e. The average Bonchev–Trinajstić information content (AvgIpc) is 3.06. The SMILES string of the molecule is CC.CN/C(=C(/c1ccnc(C)n1)N1C=CC(CN)=CC1)c1ccc(C)cc1.C\C=C(C)/C=C\C(C)=C\N=C(C)CC.FC(F)F. The van der Waals surface area contributed by atoms with E-state index < -0.39 is 6.68 Å². The van der Waals surface area contributed by atoms with Crippen LogP contribution < -0.4 is 11.1 Å². The smallest absolute Gasteiger partial charge is 0.379 e. The summed E-state index contributed by atoms with van der Waals surface area (Å²) in [7, 11) is 1.94. The highest BCUT2D eigenvalue weighted by Gasteiger charge is 2.19. The fraction of sp³-hybridized carbons (Fsp3) is 0.378. The summed E-state index contributed by atoms with van der Waals surface area (Å²) in [5.74, 6) is 0.749.